The highest BCUT2D eigenvalue weighted by Gasteiger charge is 2.20. The van der Waals surface area contributed by atoms with Crippen molar-refractivity contribution in [2.24, 2.45) is 0 Å². The van der Waals surface area contributed by atoms with Crippen molar-refractivity contribution in [1.82, 2.24) is 0 Å². The number of rotatable bonds is 1. The van der Waals surface area contributed by atoms with Gasteiger partial charge in [-0.25, -0.2) is 4.39 Å². The number of hydrogen-bond acceptors (Lipinski definition) is 1. The molecule has 0 atom stereocenters. The van der Waals surface area contributed by atoms with Gasteiger partial charge in [0.05, 0.1) is 0 Å². The molecule has 1 aliphatic carbocycles. The van der Waals surface area contributed by atoms with Crippen molar-refractivity contribution in [3.05, 3.63) is 57.8 Å². The summed E-state index contributed by atoms with van der Waals surface area (Å²) in [6, 6.07) is 10.4. The van der Waals surface area contributed by atoms with Crippen molar-refractivity contribution in [2.75, 3.05) is 0 Å². The van der Waals surface area contributed by atoms with Crippen LogP contribution in [0.3, 0.4) is 0 Å². The van der Waals surface area contributed by atoms with E-state index >= 15 is 0 Å². The topological polar surface area (TPSA) is 17.1 Å². The minimum atomic E-state index is -0.248. The van der Waals surface area contributed by atoms with E-state index in [0.717, 1.165) is 27.6 Å². The maximum Gasteiger partial charge on any atom is 0.163 e. The highest BCUT2D eigenvalue weighted by atomic mass is 79.9. The summed E-state index contributed by atoms with van der Waals surface area (Å²) >= 11 is 3.34. The van der Waals surface area contributed by atoms with Gasteiger partial charge in [0.2, 0.25) is 0 Å². The molecule has 0 N–H and O–H groups in total. The van der Waals surface area contributed by atoms with Crippen molar-refractivity contribution in [3.63, 3.8) is 0 Å². The number of hydrogen-bond donors (Lipinski definition) is 0. The van der Waals surface area contributed by atoms with E-state index in [1.807, 2.05) is 12.1 Å². The van der Waals surface area contributed by atoms with Crippen LogP contribution in [0.5, 0.6) is 0 Å². The molecular formula is C15H10BrFO. The molecule has 2 aromatic rings. The van der Waals surface area contributed by atoms with Crippen LogP contribution in [0, 0.1) is 5.82 Å². The Kier molecular flexibility index (Phi) is 2.78. The molecule has 0 fully saturated rings. The van der Waals surface area contributed by atoms with Crippen LogP contribution >= 0.6 is 15.9 Å². The summed E-state index contributed by atoms with van der Waals surface area (Å²) in [4.78, 5) is 11.6. The van der Waals surface area contributed by atoms with E-state index in [9.17, 15) is 9.18 Å². The molecule has 0 unspecified atom stereocenters. The van der Waals surface area contributed by atoms with Crippen LogP contribution in [0.1, 0.15) is 22.3 Å². The molecule has 2 aromatic carbocycles. The van der Waals surface area contributed by atoms with Crippen molar-refractivity contribution < 1.29 is 9.18 Å². The first-order chi connectivity index (χ1) is 8.65. The van der Waals surface area contributed by atoms with Gasteiger partial charge in [-0.2, -0.15) is 0 Å². The van der Waals surface area contributed by atoms with E-state index < -0.39 is 0 Å². The number of carbonyl (C=O) groups is 1. The van der Waals surface area contributed by atoms with E-state index in [2.05, 4.69) is 15.9 Å². The molecule has 0 heterocycles. The SMILES string of the molecule is O=C1CCc2cc(-c3cc(Br)ccc3F)ccc21. The summed E-state index contributed by atoms with van der Waals surface area (Å²) in [6.45, 7) is 0. The maximum atomic E-state index is 13.8. The van der Waals surface area contributed by atoms with Gasteiger partial charge in [-0.05, 0) is 35.7 Å². The van der Waals surface area contributed by atoms with Crippen molar-refractivity contribution >= 4 is 21.7 Å². The lowest BCUT2D eigenvalue weighted by Crippen LogP contribution is -1.92. The fraction of sp³-hybridized carbons (Fsp3) is 0.133. The summed E-state index contributed by atoms with van der Waals surface area (Å²) in [5, 5.41) is 0. The van der Waals surface area contributed by atoms with Crippen molar-refractivity contribution in [1.29, 1.82) is 0 Å². The molecule has 18 heavy (non-hydrogen) atoms. The minimum absolute atomic E-state index is 0.186. The molecule has 0 radical (unpaired) electrons. The van der Waals surface area contributed by atoms with Gasteiger partial charge in [0.15, 0.2) is 5.78 Å². The number of aryl methyl sites for hydroxylation is 1. The number of carbonyl (C=O) groups excluding carboxylic acids is 1. The Labute approximate surface area is 113 Å². The Morgan fingerprint density at radius 2 is 1.83 bits per heavy atom. The maximum absolute atomic E-state index is 13.8. The number of Topliss-reactive ketones (excluding diaryl/α,β-unsaturated/α-hetero) is 1. The zero-order valence-electron chi connectivity index (χ0n) is 9.54. The molecule has 3 rings (SSSR count). The summed E-state index contributed by atoms with van der Waals surface area (Å²) in [6.07, 6.45) is 1.33. The first-order valence-electron chi connectivity index (χ1n) is 5.77. The molecule has 90 valence electrons. The highest BCUT2D eigenvalue weighted by molar-refractivity contribution is 9.10. The first kappa shape index (κ1) is 11.6. The number of benzene rings is 2. The van der Waals surface area contributed by atoms with Gasteiger partial charge < -0.3 is 0 Å². The highest BCUT2D eigenvalue weighted by Crippen LogP contribution is 2.30. The molecule has 1 aliphatic rings. The molecule has 0 saturated heterocycles. The zero-order valence-corrected chi connectivity index (χ0v) is 11.1. The Bertz CT molecular complexity index is 649. The van der Waals surface area contributed by atoms with Crippen LogP contribution in [0.25, 0.3) is 11.1 Å². The second-order valence-electron chi connectivity index (χ2n) is 4.42. The van der Waals surface area contributed by atoms with Crippen LogP contribution < -0.4 is 0 Å². The molecular weight excluding hydrogens is 295 g/mol. The average Bonchev–Trinajstić information content (AvgIpc) is 2.74. The average molecular weight is 305 g/mol. The Morgan fingerprint density at radius 1 is 1.00 bits per heavy atom. The van der Waals surface area contributed by atoms with Crippen LogP contribution in [-0.4, -0.2) is 5.78 Å². The van der Waals surface area contributed by atoms with Gasteiger partial charge in [-0.1, -0.05) is 34.1 Å². The van der Waals surface area contributed by atoms with Crippen LogP contribution in [0.15, 0.2) is 40.9 Å². The lowest BCUT2D eigenvalue weighted by molar-refractivity contribution is 0.0994. The Morgan fingerprint density at radius 3 is 2.67 bits per heavy atom. The number of halogens is 2. The van der Waals surface area contributed by atoms with Gasteiger partial charge in [0.1, 0.15) is 5.82 Å². The zero-order chi connectivity index (χ0) is 12.7. The Hall–Kier alpha value is -1.48. The van der Waals surface area contributed by atoms with E-state index in [1.165, 1.54) is 6.07 Å². The second-order valence-corrected chi connectivity index (χ2v) is 5.33. The molecule has 1 nitrogen and oxygen atoms in total. The van der Waals surface area contributed by atoms with E-state index in [0.29, 0.717) is 12.0 Å². The monoisotopic (exact) mass is 304 g/mol. The summed E-state index contributed by atoms with van der Waals surface area (Å²) in [7, 11) is 0. The largest absolute Gasteiger partial charge is 0.294 e. The van der Waals surface area contributed by atoms with Gasteiger partial charge in [0.25, 0.3) is 0 Å². The second kappa shape index (κ2) is 4.32. The predicted octanol–water partition coefficient (Wildman–Crippen LogP) is 4.38. The van der Waals surface area contributed by atoms with Crippen LogP contribution in [-0.2, 0) is 6.42 Å². The fourth-order valence-corrected chi connectivity index (χ4v) is 2.70. The van der Waals surface area contributed by atoms with Crippen molar-refractivity contribution in [2.45, 2.75) is 12.8 Å². The van der Waals surface area contributed by atoms with E-state index in [1.54, 1.807) is 18.2 Å². The lowest BCUT2D eigenvalue weighted by atomic mass is 10.00. The number of ketones is 1. The predicted molar refractivity (Wildman–Crippen MR) is 72.2 cm³/mol. The molecule has 0 saturated carbocycles. The molecule has 3 heteroatoms. The molecule has 0 amide bonds. The van der Waals surface area contributed by atoms with Crippen LogP contribution in [0.4, 0.5) is 4.39 Å². The lowest BCUT2D eigenvalue weighted by Gasteiger charge is -2.06. The smallest absolute Gasteiger partial charge is 0.163 e. The van der Waals surface area contributed by atoms with Gasteiger partial charge >= 0.3 is 0 Å². The normalized spacial score (nSPS) is 13.8. The third kappa shape index (κ3) is 1.89. The third-order valence-electron chi connectivity index (χ3n) is 3.27. The van der Waals surface area contributed by atoms with Gasteiger partial charge in [-0.3, -0.25) is 4.79 Å². The molecule has 0 spiro atoms. The quantitative estimate of drug-likeness (QED) is 0.764. The first-order valence-corrected chi connectivity index (χ1v) is 6.56. The summed E-state index contributed by atoms with van der Waals surface area (Å²) in [5.74, 6) is -0.0614. The van der Waals surface area contributed by atoms with Gasteiger partial charge in [-0.15, -0.1) is 0 Å². The minimum Gasteiger partial charge on any atom is -0.294 e. The Balaban J connectivity index is 2.13. The molecule has 0 bridgehead atoms. The fourth-order valence-electron chi connectivity index (χ4n) is 2.34. The summed E-state index contributed by atoms with van der Waals surface area (Å²) in [5.41, 5.74) is 3.19. The van der Waals surface area contributed by atoms with Crippen molar-refractivity contribution in [3.8, 4) is 11.1 Å². The van der Waals surface area contributed by atoms with Crippen LogP contribution in [0.2, 0.25) is 0 Å². The standard InChI is InChI=1S/C15H10BrFO/c16-11-3-5-14(17)13(8-11)10-1-4-12-9(7-10)2-6-15(12)18/h1,3-5,7-8H,2,6H2. The van der Waals surface area contributed by atoms with E-state index in [-0.39, 0.29) is 11.6 Å². The number of fused-ring (bicyclic) bond motifs is 1. The summed E-state index contributed by atoms with van der Waals surface area (Å²) < 4.78 is 14.6. The molecule has 0 aliphatic heterocycles. The van der Waals surface area contributed by atoms with E-state index in [4.69, 9.17) is 0 Å². The third-order valence-corrected chi connectivity index (χ3v) is 3.76. The molecule has 0 aromatic heterocycles. The van der Waals surface area contributed by atoms with Gasteiger partial charge in [0, 0.05) is 22.0 Å².